The van der Waals surface area contributed by atoms with Crippen LogP contribution < -0.4 is 15.5 Å². The van der Waals surface area contributed by atoms with Gasteiger partial charge >= 0.3 is 12.2 Å². The lowest BCUT2D eigenvalue weighted by molar-refractivity contribution is -0.136. The molecule has 0 saturated carbocycles. The van der Waals surface area contributed by atoms with Crippen LogP contribution in [0.25, 0.3) is 0 Å². The van der Waals surface area contributed by atoms with Crippen LogP contribution in [0, 0.1) is 0 Å². The number of hydrogen-bond donors (Lipinski definition) is 3. The molecule has 0 saturated heterocycles. The van der Waals surface area contributed by atoms with Gasteiger partial charge in [-0.1, -0.05) is 24.3 Å². The van der Waals surface area contributed by atoms with Crippen molar-refractivity contribution in [1.82, 2.24) is 5.32 Å². The predicted octanol–water partition coefficient (Wildman–Crippen LogP) is 3.63. The first-order chi connectivity index (χ1) is 12.2. The maximum absolute atomic E-state index is 12.9. The van der Waals surface area contributed by atoms with Crippen molar-refractivity contribution in [3.8, 4) is 0 Å². The molecule has 5 nitrogen and oxygen atoms in total. The smallest absolute Gasteiger partial charge is 0.387 e. The number of benzene rings is 2. The van der Waals surface area contributed by atoms with Crippen molar-refractivity contribution in [3.63, 3.8) is 0 Å². The molecule has 26 heavy (non-hydrogen) atoms. The van der Waals surface area contributed by atoms with Gasteiger partial charge in [-0.2, -0.15) is 13.2 Å². The SMILES string of the molecule is CN(C)c1ccc([C@H](O)CNC(=O)Nc2ccccc2C(F)(F)F)cc1. The summed E-state index contributed by atoms with van der Waals surface area (Å²) in [6, 6.07) is 10.9. The molecule has 8 heteroatoms. The van der Waals surface area contributed by atoms with E-state index in [1.165, 1.54) is 18.2 Å². The molecule has 0 spiro atoms. The number of rotatable bonds is 5. The van der Waals surface area contributed by atoms with Gasteiger partial charge in [0.15, 0.2) is 0 Å². The molecule has 0 bridgehead atoms. The van der Waals surface area contributed by atoms with Crippen LogP contribution in [0.1, 0.15) is 17.2 Å². The van der Waals surface area contributed by atoms with Gasteiger partial charge in [-0.3, -0.25) is 0 Å². The van der Waals surface area contributed by atoms with Gasteiger partial charge in [0, 0.05) is 26.3 Å². The minimum atomic E-state index is -4.57. The summed E-state index contributed by atoms with van der Waals surface area (Å²) >= 11 is 0. The van der Waals surface area contributed by atoms with E-state index >= 15 is 0 Å². The quantitative estimate of drug-likeness (QED) is 0.756. The number of aliphatic hydroxyl groups is 1. The highest BCUT2D eigenvalue weighted by molar-refractivity contribution is 5.90. The highest BCUT2D eigenvalue weighted by Crippen LogP contribution is 2.34. The predicted molar refractivity (Wildman–Crippen MR) is 94.2 cm³/mol. The molecule has 0 aromatic heterocycles. The number of urea groups is 1. The summed E-state index contributed by atoms with van der Waals surface area (Å²) in [6.45, 7) is -0.138. The summed E-state index contributed by atoms with van der Waals surface area (Å²) in [5.74, 6) is 0. The highest BCUT2D eigenvalue weighted by atomic mass is 19.4. The van der Waals surface area contributed by atoms with Crippen LogP contribution in [-0.2, 0) is 6.18 Å². The van der Waals surface area contributed by atoms with Crippen molar-refractivity contribution in [3.05, 3.63) is 59.7 Å². The monoisotopic (exact) mass is 367 g/mol. The van der Waals surface area contributed by atoms with Crippen LogP contribution in [-0.4, -0.2) is 31.8 Å². The van der Waals surface area contributed by atoms with Crippen molar-refractivity contribution in [2.24, 2.45) is 0 Å². The Bertz CT molecular complexity index is 746. The van der Waals surface area contributed by atoms with E-state index in [2.05, 4.69) is 10.6 Å². The fourth-order valence-corrected chi connectivity index (χ4v) is 2.31. The maximum Gasteiger partial charge on any atom is 0.418 e. The Labute approximate surface area is 149 Å². The zero-order valence-corrected chi connectivity index (χ0v) is 14.3. The van der Waals surface area contributed by atoms with E-state index in [4.69, 9.17) is 0 Å². The largest absolute Gasteiger partial charge is 0.418 e. The van der Waals surface area contributed by atoms with E-state index in [0.717, 1.165) is 11.8 Å². The molecule has 0 heterocycles. The minimum Gasteiger partial charge on any atom is -0.387 e. The Hall–Kier alpha value is -2.74. The van der Waals surface area contributed by atoms with Gasteiger partial charge in [-0.15, -0.1) is 0 Å². The second-order valence-corrected chi connectivity index (χ2v) is 5.88. The fourth-order valence-electron chi connectivity index (χ4n) is 2.31. The average molecular weight is 367 g/mol. The Morgan fingerprint density at radius 3 is 2.31 bits per heavy atom. The van der Waals surface area contributed by atoms with Crippen molar-refractivity contribution in [2.75, 3.05) is 30.9 Å². The summed E-state index contributed by atoms with van der Waals surface area (Å²) in [5.41, 5.74) is 0.263. The lowest BCUT2D eigenvalue weighted by atomic mass is 10.1. The topological polar surface area (TPSA) is 64.6 Å². The number of alkyl halides is 3. The molecule has 0 fully saturated rings. The van der Waals surface area contributed by atoms with E-state index < -0.39 is 23.9 Å². The standard InChI is InChI=1S/C18H20F3N3O2/c1-24(2)13-9-7-12(8-10-13)16(25)11-22-17(26)23-15-6-4-3-5-14(15)18(19,20)21/h3-10,16,25H,11H2,1-2H3,(H2,22,23,26)/t16-/m1/s1. The van der Waals surface area contributed by atoms with Crippen LogP contribution in [0.5, 0.6) is 0 Å². The number of nitrogens with one attached hydrogen (secondary N) is 2. The third kappa shape index (κ3) is 5.13. The van der Waals surface area contributed by atoms with Crippen LogP contribution in [0.15, 0.2) is 48.5 Å². The summed E-state index contributed by atoms with van der Waals surface area (Å²) in [5, 5.41) is 14.6. The molecule has 0 aliphatic rings. The lowest BCUT2D eigenvalue weighted by Crippen LogP contribution is -2.33. The van der Waals surface area contributed by atoms with E-state index in [9.17, 15) is 23.1 Å². The van der Waals surface area contributed by atoms with Crippen LogP contribution in [0.3, 0.4) is 0 Å². The van der Waals surface area contributed by atoms with Gasteiger partial charge in [0.05, 0.1) is 17.4 Å². The van der Waals surface area contributed by atoms with Gasteiger partial charge in [0.1, 0.15) is 0 Å². The lowest BCUT2D eigenvalue weighted by Gasteiger charge is -2.17. The number of hydrogen-bond acceptors (Lipinski definition) is 3. The molecule has 1 atom stereocenters. The molecule has 140 valence electrons. The van der Waals surface area contributed by atoms with Crippen molar-refractivity contribution in [2.45, 2.75) is 12.3 Å². The Balaban J connectivity index is 1.95. The van der Waals surface area contributed by atoms with E-state index in [-0.39, 0.29) is 12.2 Å². The summed E-state index contributed by atoms with van der Waals surface area (Å²) in [7, 11) is 3.77. The van der Waals surface area contributed by atoms with Crippen LogP contribution >= 0.6 is 0 Å². The fraction of sp³-hybridized carbons (Fsp3) is 0.278. The number of nitrogens with zero attached hydrogens (tertiary/aromatic N) is 1. The number of carbonyl (C=O) groups excluding carboxylic acids is 1. The van der Waals surface area contributed by atoms with Gasteiger partial charge in [0.25, 0.3) is 0 Å². The molecule has 0 radical (unpaired) electrons. The number of anilines is 2. The van der Waals surface area contributed by atoms with Crippen LogP contribution in [0.2, 0.25) is 0 Å². The molecule has 2 aromatic rings. The van der Waals surface area contributed by atoms with Gasteiger partial charge in [0.2, 0.25) is 0 Å². The van der Waals surface area contributed by atoms with Crippen molar-refractivity contribution < 1.29 is 23.1 Å². The number of para-hydroxylation sites is 1. The van der Waals surface area contributed by atoms with Crippen molar-refractivity contribution >= 4 is 17.4 Å². The third-order valence-electron chi connectivity index (χ3n) is 3.73. The number of amides is 2. The zero-order chi connectivity index (χ0) is 19.3. The van der Waals surface area contributed by atoms with Gasteiger partial charge in [-0.05, 0) is 29.8 Å². The minimum absolute atomic E-state index is 0.138. The third-order valence-corrected chi connectivity index (χ3v) is 3.73. The zero-order valence-electron chi connectivity index (χ0n) is 14.3. The second kappa shape index (κ2) is 8.09. The molecule has 0 unspecified atom stereocenters. The van der Waals surface area contributed by atoms with E-state index in [1.54, 1.807) is 12.1 Å². The normalized spacial score (nSPS) is 12.4. The summed E-state index contributed by atoms with van der Waals surface area (Å²) in [4.78, 5) is 13.8. The molecular formula is C18H20F3N3O2. The molecule has 3 N–H and O–H groups in total. The molecule has 2 rings (SSSR count). The first kappa shape index (κ1) is 19.6. The molecular weight excluding hydrogens is 347 g/mol. The van der Waals surface area contributed by atoms with E-state index in [0.29, 0.717) is 5.56 Å². The second-order valence-electron chi connectivity index (χ2n) is 5.88. The first-order valence-electron chi connectivity index (χ1n) is 7.85. The summed E-state index contributed by atoms with van der Waals surface area (Å²) < 4.78 is 38.7. The van der Waals surface area contributed by atoms with Gasteiger partial charge < -0.3 is 20.6 Å². The number of aliphatic hydroxyl groups excluding tert-OH is 1. The van der Waals surface area contributed by atoms with Crippen LogP contribution in [0.4, 0.5) is 29.3 Å². The van der Waals surface area contributed by atoms with E-state index in [1.807, 2.05) is 31.1 Å². The molecule has 2 aromatic carbocycles. The summed E-state index contributed by atoms with van der Waals surface area (Å²) in [6.07, 6.45) is -5.55. The number of carbonyl (C=O) groups is 1. The average Bonchev–Trinajstić information content (AvgIpc) is 2.59. The number of halogens is 3. The van der Waals surface area contributed by atoms with Gasteiger partial charge in [-0.25, -0.2) is 4.79 Å². The highest BCUT2D eigenvalue weighted by Gasteiger charge is 2.33. The molecule has 0 aliphatic carbocycles. The molecule has 2 amide bonds. The molecule has 0 aliphatic heterocycles. The maximum atomic E-state index is 12.9. The Morgan fingerprint density at radius 2 is 1.73 bits per heavy atom. The first-order valence-corrected chi connectivity index (χ1v) is 7.85. The Kier molecular flexibility index (Phi) is 6.10. The van der Waals surface area contributed by atoms with Crippen molar-refractivity contribution in [1.29, 1.82) is 0 Å². The Morgan fingerprint density at radius 1 is 1.12 bits per heavy atom.